The predicted molar refractivity (Wildman–Crippen MR) is 64.4 cm³/mol. The summed E-state index contributed by atoms with van der Waals surface area (Å²) in [5, 5.41) is 2.86. The van der Waals surface area contributed by atoms with Gasteiger partial charge in [0.1, 0.15) is 0 Å². The largest absolute Gasteiger partial charge is 0.319 e. The standard InChI is InChI=1S/C10H24N2O2S/c1-5-10(3)9-12(6-2)15(13,14)8-7-11-4/h10-11H,5-9H2,1-4H3. The van der Waals surface area contributed by atoms with Crippen molar-refractivity contribution in [2.45, 2.75) is 27.2 Å². The number of nitrogens with one attached hydrogen (secondary N) is 1. The van der Waals surface area contributed by atoms with Crippen molar-refractivity contribution in [3.05, 3.63) is 0 Å². The maximum absolute atomic E-state index is 11.9. The molecule has 0 radical (unpaired) electrons. The summed E-state index contributed by atoms with van der Waals surface area (Å²) in [5.41, 5.74) is 0. The molecule has 0 aliphatic heterocycles. The van der Waals surface area contributed by atoms with Crippen molar-refractivity contribution >= 4 is 10.0 Å². The fraction of sp³-hybridized carbons (Fsp3) is 1.00. The Balaban J connectivity index is 4.37. The fourth-order valence-electron chi connectivity index (χ4n) is 1.28. The van der Waals surface area contributed by atoms with Crippen molar-refractivity contribution < 1.29 is 8.42 Å². The first-order valence-electron chi connectivity index (χ1n) is 5.60. The molecule has 0 spiro atoms. The summed E-state index contributed by atoms with van der Waals surface area (Å²) in [7, 11) is -1.30. The summed E-state index contributed by atoms with van der Waals surface area (Å²) < 4.78 is 25.3. The molecule has 5 heteroatoms. The third-order valence-electron chi connectivity index (χ3n) is 2.57. The van der Waals surface area contributed by atoms with Gasteiger partial charge in [-0.3, -0.25) is 0 Å². The van der Waals surface area contributed by atoms with E-state index in [1.54, 1.807) is 11.4 Å². The zero-order valence-electron chi connectivity index (χ0n) is 10.3. The van der Waals surface area contributed by atoms with E-state index >= 15 is 0 Å². The molecule has 0 aromatic rings. The summed E-state index contributed by atoms with van der Waals surface area (Å²) in [6.45, 7) is 7.77. The molecule has 92 valence electrons. The molecule has 1 N–H and O–H groups in total. The lowest BCUT2D eigenvalue weighted by atomic mass is 10.1. The van der Waals surface area contributed by atoms with E-state index in [1.165, 1.54) is 0 Å². The van der Waals surface area contributed by atoms with Crippen LogP contribution in [0.5, 0.6) is 0 Å². The second-order valence-electron chi connectivity index (χ2n) is 3.88. The minimum Gasteiger partial charge on any atom is -0.319 e. The van der Waals surface area contributed by atoms with Crippen molar-refractivity contribution in [2.75, 3.05) is 32.4 Å². The van der Waals surface area contributed by atoms with Crippen LogP contribution in [0.1, 0.15) is 27.2 Å². The first kappa shape index (κ1) is 14.9. The molecule has 0 aliphatic rings. The van der Waals surface area contributed by atoms with Gasteiger partial charge >= 0.3 is 0 Å². The Bertz CT molecular complexity index is 252. The molecular formula is C10H24N2O2S. The van der Waals surface area contributed by atoms with Gasteiger partial charge in [-0.1, -0.05) is 27.2 Å². The van der Waals surface area contributed by atoms with Gasteiger partial charge < -0.3 is 5.32 Å². The summed E-state index contributed by atoms with van der Waals surface area (Å²) in [5.74, 6) is 0.614. The van der Waals surface area contributed by atoms with Crippen LogP contribution in [0, 0.1) is 5.92 Å². The normalized spacial score (nSPS) is 14.5. The van der Waals surface area contributed by atoms with Gasteiger partial charge in [-0.25, -0.2) is 12.7 Å². The predicted octanol–water partition coefficient (Wildman–Crippen LogP) is 0.904. The van der Waals surface area contributed by atoms with E-state index in [-0.39, 0.29) is 5.75 Å². The Kier molecular flexibility index (Phi) is 7.13. The minimum absolute atomic E-state index is 0.188. The molecule has 1 atom stereocenters. The molecule has 0 heterocycles. The maximum atomic E-state index is 11.9. The van der Waals surface area contributed by atoms with Gasteiger partial charge in [0.25, 0.3) is 0 Å². The first-order chi connectivity index (χ1) is 6.97. The van der Waals surface area contributed by atoms with Gasteiger partial charge in [0.05, 0.1) is 5.75 Å². The van der Waals surface area contributed by atoms with Gasteiger partial charge in [0.15, 0.2) is 0 Å². The van der Waals surface area contributed by atoms with Gasteiger partial charge in [-0.05, 0) is 13.0 Å². The number of sulfonamides is 1. The summed E-state index contributed by atoms with van der Waals surface area (Å²) >= 11 is 0. The monoisotopic (exact) mass is 236 g/mol. The Morgan fingerprint density at radius 2 is 1.93 bits per heavy atom. The zero-order chi connectivity index (χ0) is 11.9. The number of nitrogens with zero attached hydrogens (tertiary/aromatic N) is 1. The van der Waals surface area contributed by atoms with Gasteiger partial charge in [0, 0.05) is 19.6 Å². The van der Waals surface area contributed by atoms with E-state index in [2.05, 4.69) is 19.2 Å². The molecule has 4 nitrogen and oxygen atoms in total. The van der Waals surface area contributed by atoms with Crippen LogP contribution in [0.25, 0.3) is 0 Å². The fourth-order valence-corrected chi connectivity index (χ4v) is 2.87. The van der Waals surface area contributed by atoms with E-state index in [0.29, 0.717) is 25.6 Å². The van der Waals surface area contributed by atoms with Crippen LogP contribution in [0.4, 0.5) is 0 Å². The van der Waals surface area contributed by atoms with Crippen LogP contribution in [0.15, 0.2) is 0 Å². The maximum Gasteiger partial charge on any atom is 0.215 e. The summed E-state index contributed by atoms with van der Waals surface area (Å²) in [4.78, 5) is 0. The molecule has 0 saturated heterocycles. The van der Waals surface area contributed by atoms with Crippen molar-refractivity contribution in [3.63, 3.8) is 0 Å². The van der Waals surface area contributed by atoms with Crippen LogP contribution in [0.2, 0.25) is 0 Å². The molecule has 0 aromatic heterocycles. The molecule has 15 heavy (non-hydrogen) atoms. The topological polar surface area (TPSA) is 49.4 Å². The molecule has 0 saturated carbocycles. The van der Waals surface area contributed by atoms with Crippen LogP contribution < -0.4 is 5.32 Å². The van der Waals surface area contributed by atoms with Crippen LogP contribution in [-0.2, 0) is 10.0 Å². The highest BCUT2D eigenvalue weighted by Crippen LogP contribution is 2.08. The smallest absolute Gasteiger partial charge is 0.215 e. The Labute approximate surface area is 94.1 Å². The number of hydrogen-bond donors (Lipinski definition) is 1. The molecule has 0 bridgehead atoms. The Morgan fingerprint density at radius 3 is 2.33 bits per heavy atom. The molecular weight excluding hydrogens is 212 g/mol. The number of rotatable bonds is 8. The highest BCUT2D eigenvalue weighted by atomic mass is 32.2. The number of hydrogen-bond acceptors (Lipinski definition) is 3. The zero-order valence-corrected chi connectivity index (χ0v) is 11.1. The highest BCUT2D eigenvalue weighted by Gasteiger charge is 2.20. The van der Waals surface area contributed by atoms with Gasteiger partial charge in [0.2, 0.25) is 10.0 Å². The van der Waals surface area contributed by atoms with Crippen molar-refractivity contribution in [1.82, 2.24) is 9.62 Å². The van der Waals surface area contributed by atoms with E-state index in [9.17, 15) is 8.42 Å². The second kappa shape index (κ2) is 7.19. The van der Waals surface area contributed by atoms with Crippen molar-refractivity contribution in [2.24, 2.45) is 5.92 Å². The quantitative estimate of drug-likeness (QED) is 0.681. The molecule has 0 amide bonds. The Morgan fingerprint density at radius 1 is 1.33 bits per heavy atom. The molecule has 0 aliphatic carbocycles. The molecule has 0 fully saturated rings. The molecule has 0 rings (SSSR count). The Hall–Kier alpha value is -0.130. The van der Waals surface area contributed by atoms with Gasteiger partial charge in [-0.15, -0.1) is 0 Å². The lowest BCUT2D eigenvalue weighted by molar-refractivity contribution is 0.361. The molecule has 1 unspecified atom stereocenters. The van der Waals surface area contributed by atoms with Gasteiger partial charge in [-0.2, -0.15) is 0 Å². The van der Waals surface area contributed by atoms with E-state index < -0.39 is 10.0 Å². The average Bonchev–Trinajstić information content (AvgIpc) is 2.22. The lowest BCUT2D eigenvalue weighted by Crippen LogP contribution is -2.38. The highest BCUT2D eigenvalue weighted by molar-refractivity contribution is 7.89. The average molecular weight is 236 g/mol. The summed E-state index contributed by atoms with van der Waals surface area (Å²) in [6, 6.07) is 0. The SMILES string of the molecule is CCC(C)CN(CC)S(=O)(=O)CCNC. The van der Waals surface area contributed by atoms with E-state index in [1.807, 2.05) is 6.92 Å². The summed E-state index contributed by atoms with van der Waals surface area (Å²) in [6.07, 6.45) is 1.01. The van der Waals surface area contributed by atoms with Crippen LogP contribution in [0.3, 0.4) is 0 Å². The third-order valence-corrected chi connectivity index (χ3v) is 4.48. The van der Waals surface area contributed by atoms with Crippen LogP contribution in [-0.4, -0.2) is 45.2 Å². The van der Waals surface area contributed by atoms with E-state index in [4.69, 9.17) is 0 Å². The third kappa shape index (κ3) is 5.49. The van der Waals surface area contributed by atoms with Crippen molar-refractivity contribution in [3.8, 4) is 0 Å². The first-order valence-corrected chi connectivity index (χ1v) is 7.21. The lowest BCUT2D eigenvalue weighted by Gasteiger charge is -2.23. The van der Waals surface area contributed by atoms with E-state index in [0.717, 1.165) is 6.42 Å². The minimum atomic E-state index is -3.07. The van der Waals surface area contributed by atoms with Crippen molar-refractivity contribution in [1.29, 1.82) is 0 Å². The second-order valence-corrected chi connectivity index (χ2v) is 5.97. The van der Waals surface area contributed by atoms with Crippen LogP contribution >= 0.6 is 0 Å². The molecule has 0 aromatic carbocycles.